The van der Waals surface area contributed by atoms with Gasteiger partial charge in [0.2, 0.25) is 0 Å². The van der Waals surface area contributed by atoms with Crippen molar-refractivity contribution in [2.75, 3.05) is 4.90 Å². The molecule has 0 fully saturated rings. The van der Waals surface area contributed by atoms with Gasteiger partial charge in [-0.1, -0.05) is 199 Å². The number of rotatable bonds is 6. The van der Waals surface area contributed by atoms with Crippen molar-refractivity contribution in [3.05, 3.63) is 258 Å². The van der Waals surface area contributed by atoms with Crippen molar-refractivity contribution in [1.29, 1.82) is 0 Å². The molecule has 2 aliphatic carbocycles. The molecule has 3 aliphatic rings. The minimum absolute atomic E-state index is 0.199. The zero-order valence-corrected chi connectivity index (χ0v) is 42.2. The van der Waals surface area contributed by atoms with Gasteiger partial charge in [-0.25, -0.2) is 0 Å². The van der Waals surface area contributed by atoms with E-state index in [1.54, 1.807) is 0 Å². The van der Waals surface area contributed by atoms with E-state index in [-0.39, 0.29) is 16.2 Å². The predicted octanol–water partition coefficient (Wildman–Crippen LogP) is 19.5. The Balaban J connectivity index is 0.874. The molecule has 0 atom stereocenters. The Labute approximate surface area is 428 Å². The zero-order valence-electron chi connectivity index (χ0n) is 42.2. The molecule has 0 spiro atoms. The highest BCUT2D eigenvalue weighted by Crippen LogP contribution is 2.55. The number of hydrogen-bond acceptors (Lipinski definition) is 2. The number of para-hydroxylation sites is 2. The largest absolute Gasteiger partial charge is 0.456 e. The predicted molar refractivity (Wildman–Crippen MR) is 306 cm³/mol. The Morgan fingerprint density at radius 3 is 1.22 bits per heavy atom. The van der Waals surface area contributed by atoms with Crippen molar-refractivity contribution in [1.82, 2.24) is 0 Å². The highest BCUT2D eigenvalue weighted by molar-refractivity contribution is 5.93. The lowest BCUT2D eigenvalue weighted by Gasteiger charge is -2.35. The first kappa shape index (κ1) is 43.3. The first-order valence-corrected chi connectivity index (χ1v) is 25.8. The maximum Gasteiger partial charge on any atom is 0.139 e. The lowest BCUT2D eigenvalue weighted by atomic mass is 9.75. The Bertz CT molecular complexity index is 3900. The van der Waals surface area contributed by atoms with Gasteiger partial charge in [0, 0.05) is 50.0 Å². The standard InChI is InChI=1S/C71H55NO/c1-69(2)61-19-11-12-21-67(61)73-68-56(18-13-20-62(68)69)46-26-30-53(31-27-46)72(54-32-36-59-57-34-28-51(40-63(57)70(3,4)65(59)42-54)49-24-22-44-14-7-9-16-47(44)38-49)55-33-37-60-58-35-29-52(41-64(58)71(5,6)66(60)43-55)50-25-23-45-15-8-10-17-48(45)39-50/h7-43H,1-6H3. The van der Waals surface area contributed by atoms with Crippen LogP contribution >= 0.6 is 0 Å². The van der Waals surface area contributed by atoms with E-state index in [0.717, 1.165) is 39.7 Å². The average molecular weight is 938 g/mol. The van der Waals surface area contributed by atoms with Crippen LogP contribution < -0.4 is 9.64 Å². The SMILES string of the molecule is CC1(C)c2cc(-c3ccc4ccccc4c3)ccc2-c2ccc(N(c3ccc(-c4cccc5c4Oc4ccccc4C5(C)C)cc3)c3ccc4c(c3)C(C)(C)c3cc(-c5ccc6ccccc6c5)ccc3-4)cc21. The van der Waals surface area contributed by atoms with Gasteiger partial charge in [-0.3, -0.25) is 0 Å². The highest BCUT2D eigenvalue weighted by atomic mass is 16.5. The number of fused-ring (bicyclic) bond motifs is 10. The molecular formula is C71H55NO. The summed E-state index contributed by atoms with van der Waals surface area (Å²) in [5.41, 5.74) is 22.9. The number of ether oxygens (including phenoxy) is 1. The number of benzene rings is 11. The second-order valence-corrected chi connectivity index (χ2v) is 22.1. The molecule has 1 aliphatic heterocycles. The van der Waals surface area contributed by atoms with E-state index >= 15 is 0 Å². The van der Waals surface area contributed by atoms with Gasteiger partial charge in [0.15, 0.2) is 0 Å². The molecule has 2 heteroatoms. The van der Waals surface area contributed by atoms with Crippen molar-refractivity contribution in [2.45, 2.75) is 57.8 Å². The van der Waals surface area contributed by atoms with E-state index in [9.17, 15) is 0 Å². The van der Waals surface area contributed by atoms with Crippen LogP contribution in [0.4, 0.5) is 17.1 Å². The molecule has 73 heavy (non-hydrogen) atoms. The first-order valence-electron chi connectivity index (χ1n) is 25.8. The molecule has 11 aromatic carbocycles. The van der Waals surface area contributed by atoms with Crippen molar-refractivity contribution in [3.63, 3.8) is 0 Å². The van der Waals surface area contributed by atoms with Crippen LogP contribution in [0.1, 0.15) is 74.9 Å². The first-order chi connectivity index (χ1) is 35.4. The van der Waals surface area contributed by atoms with Crippen molar-refractivity contribution >= 4 is 38.6 Å². The van der Waals surface area contributed by atoms with Crippen LogP contribution in [0.3, 0.4) is 0 Å². The fourth-order valence-corrected chi connectivity index (χ4v) is 12.8. The van der Waals surface area contributed by atoms with Gasteiger partial charge in [0.1, 0.15) is 11.5 Å². The molecule has 14 rings (SSSR count). The quantitative estimate of drug-likeness (QED) is 0.165. The summed E-state index contributed by atoms with van der Waals surface area (Å²) in [7, 11) is 0. The molecule has 0 bridgehead atoms. The Hall–Kier alpha value is -8.46. The van der Waals surface area contributed by atoms with Gasteiger partial charge in [0.25, 0.3) is 0 Å². The maximum absolute atomic E-state index is 6.78. The summed E-state index contributed by atoms with van der Waals surface area (Å²) >= 11 is 0. The van der Waals surface area contributed by atoms with Crippen LogP contribution in [-0.4, -0.2) is 0 Å². The van der Waals surface area contributed by atoms with Gasteiger partial charge in [-0.15, -0.1) is 0 Å². The average Bonchev–Trinajstić information content (AvgIpc) is 3.79. The number of nitrogens with zero attached hydrogens (tertiary/aromatic N) is 1. The molecule has 0 saturated heterocycles. The molecular weight excluding hydrogens is 883 g/mol. The summed E-state index contributed by atoms with van der Waals surface area (Å²) in [4.78, 5) is 2.47. The van der Waals surface area contributed by atoms with E-state index in [0.29, 0.717) is 0 Å². The number of hydrogen-bond donors (Lipinski definition) is 0. The molecule has 0 unspecified atom stereocenters. The lowest BCUT2D eigenvalue weighted by Crippen LogP contribution is -2.24. The zero-order chi connectivity index (χ0) is 49.4. The summed E-state index contributed by atoms with van der Waals surface area (Å²) < 4.78 is 6.78. The van der Waals surface area contributed by atoms with E-state index in [2.05, 4.69) is 271 Å². The Morgan fingerprint density at radius 1 is 0.274 bits per heavy atom. The van der Waals surface area contributed by atoms with Crippen LogP contribution in [0, 0.1) is 0 Å². The minimum Gasteiger partial charge on any atom is -0.456 e. The molecule has 0 N–H and O–H groups in total. The van der Waals surface area contributed by atoms with Crippen LogP contribution in [0.25, 0.3) is 77.2 Å². The highest BCUT2D eigenvalue weighted by Gasteiger charge is 2.39. The lowest BCUT2D eigenvalue weighted by molar-refractivity contribution is 0.419. The van der Waals surface area contributed by atoms with Crippen molar-refractivity contribution in [3.8, 4) is 67.1 Å². The minimum atomic E-state index is -0.230. The summed E-state index contributed by atoms with van der Waals surface area (Å²) in [6, 6.07) is 83.6. The van der Waals surface area contributed by atoms with E-state index in [1.807, 2.05) is 0 Å². The fraction of sp³-hybridized carbons (Fsp3) is 0.127. The van der Waals surface area contributed by atoms with E-state index < -0.39 is 0 Å². The third kappa shape index (κ3) is 6.63. The molecule has 0 amide bonds. The normalized spacial score (nSPS) is 14.9. The van der Waals surface area contributed by atoms with Crippen molar-refractivity contribution in [2.24, 2.45) is 0 Å². The summed E-state index contributed by atoms with van der Waals surface area (Å²) in [6.07, 6.45) is 0. The summed E-state index contributed by atoms with van der Waals surface area (Å²) in [6.45, 7) is 14.2. The molecule has 0 aromatic heterocycles. The Kier molecular flexibility index (Phi) is 9.36. The molecule has 0 radical (unpaired) electrons. The third-order valence-corrected chi connectivity index (χ3v) is 16.9. The Morgan fingerprint density at radius 2 is 0.671 bits per heavy atom. The second kappa shape index (κ2) is 15.8. The van der Waals surface area contributed by atoms with Gasteiger partial charge in [-0.05, 0) is 161 Å². The van der Waals surface area contributed by atoms with Gasteiger partial charge < -0.3 is 9.64 Å². The molecule has 350 valence electrons. The van der Waals surface area contributed by atoms with E-state index in [1.165, 1.54) is 99.4 Å². The molecule has 11 aromatic rings. The molecule has 0 saturated carbocycles. The van der Waals surface area contributed by atoms with Crippen LogP contribution in [0.5, 0.6) is 11.5 Å². The smallest absolute Gasteiger partial charge is 0.139 e. The van der Waals surface area contributed by atoms with Gasteiger partial charge in [0.05, 0.1) is 0 Å². The fourth-order valence-electron chi connectivity index (χ4n) is 12.8. The number of anilines is 3. The van der Waals surface area contributed by atoms with Gasteiger partial charge >= 0.3 is 0 Å². The van der Waals surface area contributed by atoms with Crippen LogP contribution in [0.2, 0.25) is 0 Å². The maximum atomic E-state index is 6.78. The van der Waals surface area contributed by atoms with Crippen molar-refractivity contribution < 1.29 is 4.74 Å². The second-order valence-electron chi connectivity index (χ2n) is 22.1. The summed E-state index contributed by atoms with van der Waals surface area (Å²) in [5, 5.41) is 5.04. The van der Waals surface area contributed by atoms with Gasteiger partial charge in [-0.2, -0.15) is 0 Å². The molecule has 1 heterocycles. The summed E-state index contributed by atoms with van der Waals surface area (Å²) in [5.74, 6) is 1.86. The van der Waals surface area contributed by atoms with Crippen LogP contribution in [0.15, 0.2) is 224 Å². The van der Waals surface area contributed by atoms with Crippen LogP contribution in [-0.2, 0) is 16.2 Å². The topological polar surface area (TPSA) is 12.5 Å². The third-order valence-electron chi connectivity index (χ3n) is 16.9. The monoisotopic (exact) mass is 937 g/mol. The molecule has 2 nitrogen and oxygen atoms in total. The van der Waals surface area contributed by atoms with E-state index in [4.69, 9.17) is 4.74 Å².